The van der Waals surface area contributed by atoms with Crippen LogP contribution in [-0.4, -0.2) is 50.0 Å². The van der Waals surface area contributed by atoms with Crippen molar-refractivity contribution in [3.05, 3.63) is 24.0 Å². The highest BCUT2D eigenvalue weighted by molar-refractivity contribution is 5.53. The van der Waals surface area contributed by atoms with Gasteiger partial charge in [-0.2, -0.15) is 0 Å². The van der Waals surface area contributed by atoms with Gasteiger partial charge in [0.05, 0.1) is 11.9 Å². The summed E-state index contributed by atoms with van der Waals surface area (Å²) in [6.45, 7) is 9.02. The topological polar surface area (TPSA) is 46.6 Å². The van der Waals surface area contributed by atoms with Gasteiger partial charge in [-0.05, 0) is 32.4 Å². The first-order chi connectivity index (χ1) is 9.94. The molecule has 0 aromatic carbocycles. The van der Waals surface area contributed by atoms with Gasteiger partial charge in [-0.15, -0.1) is 0 Å². The lowest BCUT2D eigenvalue weighted by molar-refractivity contribution is -0.00461. The summed E-state index contributed by atoms with van der Waals surface area (Å²) < 4.78 is 11.0. The first-order valence-electron chi connectivity index (χ1n) is 7.43. The van der Waals surface area contributed by atoms with E-state index in [0.717, 1.165) is 25.3 Å². The number of anilines is 1. The van der Waals surface area contributed by atoms with Crippen LogP contribution in [0.25, 0.3) is 0 Å². The van der Waals surface area contributed by atoms with Crippen LogP contribution in [0.1, 0.15) is 26.3 Å². The summed E-state index contributed by atoms with van der Waals surface area (Å²) in [5.74, 6) is 0. The highest BCUT2D eigenvalue weighted by atomic mass is 16.5. The van der Waals surface area contributed by atoms with Gasteiger partial charge in [0, 0.05) is 45.6 Å². The van der Waals surface area contributed by atoms with Crippen LogP contribution in [0, 0.1) is 0 Å². The molecule has 1 fully saturated rings. The van der Waals surface area contributed by atoms with Crippen molar-refractivity contribution in [2.45, 2.75) is 45.1 Å². The molecule has 1 N–H and O–H groups in total. The Bertz CT molecular complexity index is 447. The Hall–Kier alpha value is -1.17. The van der Waals surface area contributed by atoms with E-state index in [1.165, 1.54) is 5.56 Å². The smallest absolute Gasteiger partial charge is 0.102 e. The van der Waals surface area contributed by atoms with E-state index in [9.17, 15) is 0 Å². The third-order valence-corrected chi connectivity index (χ3v) is 3.86. The van der Waals surface area contributed by atoms with Crippen molar-refractivity contribution in [1.82, 2.24) is 10.3 Å². The summed E-state index contributed by atoms with van der Waals surface area (Å²) >= 11 is 0. The fourth-order valence-electron chi connectivity index (χ4n) is 2.60. The fourth-order valence-corrected chi connectivity index (χ4v) is 2.60. The standard InChI is InChI=1S/C16H27N3O2/c1-16(2,3)18-8-12-6-7-17-9-13(12)19-10-14(20-4)15(11-19)21-5/h6-7,9,14-15,18H,8,10-11H2,1-5H3. The van der Waals surface area contributed by atoms with Crippen molar-refractivity contribution < 1.29 is 9.47 Å². The summed E-state index contributed by atoms with van der Waals surface area (Å²) in [5, 5.41) is 3.54. The molecule has 0 amide bonds. The summed E-state index contributed by atoms with van der Waals surface area (Å²) in [5.41, 5.74) is 2.51. The summed E-state index contributed by atoms with van der Waals surface area (Å²) in [4.78, 5) is 6.59. The first-order valence-corrected chi connectivity index (χ1v) is 7.43. The Morgan fingerprint density at radius 2 is 1.86 bits per heavy atom. The lowest BCUT2D eigenvalue weighted by Crippen LogP contribution is -2.35. The molecule has 21 heavy (non-hydrogen) atoms. The number of aromatic nitrogens is 1. The molecule has 2 heterocycles. The second kappa shape index (κ2) is 6.73. The molecule has 0 spiro atoms. The number of hydrogen-bond acceptors (Lipinski definition) is 5. The number of rotatable bonds is 5. The predicted molar refractivity (Wildman–Crippen MR) is 84.6 cm³/mol. The molecule has 1 aliphatic rings. The minimum Gasteiger partial charge on any atom is -0.377 e. The van der Waals surface area contributed by atoms with E-state index >= 15 is 0 Å². The van der Waals surface area contributed by atoms with Crippen LogP contribution in [0.5, 0.6) is 0 Å². The molecule has 5 heteroatoms. The van der Waals surface area contributed by atoms with Crippen molar-refractivity contribution in [3.63, 3.8) is 0 Å². The summed E-state index contributed by atoms with van der Waals surface area (Å²) in [7, 11) is 3.48. The van der Waals surface area contributed by atoms with Crippen molar-refractivity contribution in [2.75, 3.05) is 32.2 Å². The largest absolute Gasteiger partial charge is 0.377 e. The van der Waals surface area contributed by atoms with Gasteiger partial charge in [-0.3, -0.25) is 4.98 Å². The monoisotopic (exact) mass is 293 g/mol. The zero-order chi connectivity index (χ0) is 15.5. The zero-order valence-electron chi connectivity index (χ0n) is 13.7. The van der Waals surface area contributed by atoms with Crippen LogP contribution < -0.4 is 10.2 Å². The number of nitrogens with one attached hydrogen (secondary N) is 1. The predicted octanol–water partition coefficient (Wildman–Crippen LogP) is 1.82. The van der Waals surface area contributed by atoms with Crippen molar-refractivity contribution in [2.24, 2.45) is 0 Å². The Labute approximate surface area is 127 Å². The van der Waals surface area contributed by atoms with Crippen LogP contribution >= 0.6 is 0 Å². The molecule has 0 saturated carbocycles. The molecule has 0 aliphatic carbocycles. The average Bonchev–Trinajstić information content (AvgIpc) is 2.87. The first kappa shape index (κ1) is 16.2. The van der Waals surface area contributed by atoms with E-state index in [4.69, 9.17) is 9.47 Å². The third kappa shape index (κ3) is 4.15. The van der Waals surface area contributed by atoms with E-state index in [2.05, 4.69) is 42.0 Å². The number of ether oxygens (including phenoxy) is 2. The van der Waals surface area contributed by atoms with Gasteiger partial charge in [-0.1, -0.05) is 0 Å². The SMILES string of the molecule is COC1CN(c2cnccc2CNC(C)(C)C)CC1OC. The minimum atomic E-state index is 0.0929. The maximum Gasteiger partial charge on any atom is 0.102 e. The quantitative estimate of drug-likeness (QED) is 0.897. The van der Waals surface area contributed by atoms with E-state index in [1.54, 1.807) is 14.2 Å². The minimum absolute atomic E-state index is 0.0929. The number of hydrogen-bond donors (Lipinski definition) is 1. The highest BCUT2D eigenvalue weighted by Crippen LogP contribution is 2.26. The summed E-state index contributed by atoms with van der Waals surface area (Å²) in [6.07, 6.45) is 4.00. The molecule has 2 unspecified atom stereocenters. The maximum absolute atomic E-state index is 5.52. The van der Waals surface area contributed by atoms with Gasteiger partial charge < -0.3 is 19.7 Å². The van der Waals surface area contributed by atoms with Crippen molar-refractivity contribution in [3.8, 4) is 0 Å². The normalized spacial score (nSPS) is 22.8. The molecule has 0 radical (unpaired) electrons. The van der Waals surface area contributed by atoms with Gasteiger partial charge in [0.2, 0.25) is 0 Å². The highest BCUT2D eigenvalue weighted by Gasteiger charge is 2.33. The molecule has 2 atom stereocenters. The fraction of sp³-hybridized carbons (Fsp3) is 0.688. The zero-order valence-corrected chi connectivity index (χ0v) is 13.7. The maximum atomic E-state index is 5.52. The van der Waals surface area contributed by atoms with Crippen molar-refractivity contribution >= 4 is 5.69 Å². The Morgan fingerprint density at radius 1 is 1.24 bits per heavy atom. The van der Waals surface area contributed by atoms with Crippen LogP contribution in [0.2, 0.25) is 0 Å². The van der Waals surface area contributed by atoms with Gasteiger partial charge >= 0.3 is 0 Å². The lowest BCUT2D eigenvalue weighted by Gasteiger charge is -2.25. The molecule has 5 nitrogen and oxygen atoms in total. The molecule has 0 bridgehead atoms. The van der Waals surface area contributed by atoms with Crippen LogP contribution in [0.15, 0.2) is 18.5 Å². The molecule has 1 aromatic heterocycles. The van der Waals surface area contributed by atoms with E-state index in [0.29, 0.717) is 0 Å². The molecule has 1 aromatic rings. The Balaban J connectivity index is 2.13. The second-order valence-electron chi connectivity index (χ2n) is 6.56. The third-order valence-electron chi connectivity index (χ3n) is 3.86. The van der Waals surface area contributed by atoms with Gasteiger partial charge in [0.1, 0.15) is 12.2 Å². The molecule has 2 rings (SSSR count). The van der Waals surface area contributed by atoms with Gasteiger partial charge in [-0.25, -0.2) is 0 Å². The van der Waals surface area contributed by atoms with Crippen LogP contribution in [0.3, 0.4) is 0 Å². The molecular formula is C16H27N3O2. The molecule has 1 saturated heterocycles. The Kier molecular flexibility index (Phi) is 5.19. The second-order valence-corrected chi connectivity index (χ2v) is 6.56. The van der Waals surface area contributed by atoms with Crippen molar-refractivity contribution in [1.29, 1.82) is 0 Å². The number of methoxy groups -OCH3 is 2. The lowest BCUT2D eigenvalue weighted by atomic mass is 10.1. The Morgan fingerprint density at radius 3 is 2.38 bits per heavy atom. The van der Waals surface area contributed by atoms with E-state index in [-0.39, 0.29) is 17.7 Å². The number of nitrogens with zero attached hydrogens (tertiary/aromatic N) is 2. The van der Waals surface area contributed by atoms with E-state index < -0.39 is 0 Å². The van der Waals surface area contributed by atoms with Gasteiger partial charge in [0.15, 0.2) is 0 Å². The molecule has 118 valence electrons. The van der Waals surface area contributed by atoms with Gasteiger partial charge in [0.25, 0.3) is 0 Å². The van der Waals surface area contributed by atoms with Crippen LogP contribution in [-0.2, 0) is 16.0 Å². The summed E-state index contributed by atoms with van der Waals surface area (Å²) in [6, 6.07) is 2.08. The average molecular weight is 293 g/mol. The molecule has 1 aliphatic heterocycles. The number of pyridine rings is 1. The molecular weight excluding hydrogens is 266 g/mol. The van der Waals surface area contributed by atoms with E-state index in [1.807, 2.05) is 12.4 Å². The van der Waals surface area contributed by atoms with Crippen LogP contribution in [0.4, 0.5) is 5.69 Å².